The van der Waals surface area contributed by atoms with Gasteiger partial charge in [-0.25, -0.2) is 4.79 Å². The van der Waals surface area contributed by atoms with Crippen LogP contribution in [0, 0.1) is 11.3 Å². The summed E-state index contributed by atoms with van der Waals surface area (Å²) >= 11 is 0. The summed E-state index contributed by atoms with van der Waals surface area (Å²) in [6.07, 6.45) is 2.94. The summed E-state index contributed by atoms with van der Waals surface area (Å²) in [4.78, 5) is 14.9. The maximum Gasteiger partial charge on any atom is 0.346 e. The molecule has 2 rings (SSSR count). The van der Waals surface area contributed by atoms with Gasteiger partial charge < -0.3 is 5.11 Å². The summed E-state index contributed by atoms with van der Waals surface area (Å²) in [5.41, 5.74) is 1.15. The number of fused-ring (bicyclic) bond motifs is 1. The van der Waals surface area contributed by atoms with Crippen molar-refractivity contribution in [3.8, 4) is 6.07 Å². The van der Waals surface area contributed by atoms with Crippen molar-refractivity contribution in [2.75, 3.05) is 0 Å². The number of para-hydroxylation sites is 1. The second kappa shape index (κ2) is 4.45. The fraction of sp³-hybridized carbons (Fsp3) is 0. The molecule has 1 N–H and O–H groups in total. The van der Waals surface area contributed by atoms with Gasteiger partial charge in [-0.1, -0.05) is 18.2 Å². The van der Waals surface area contributed by atoms with Crippen molar-refractivity contribution in [3.05, 3.63) is 47.7 Å². The number of nitrogens with zero attached hydrogens (tertiary/aromatic N) is 2. The maximum absolute atomic E-state index is 10.8. The molecule has 0 aliphatic rings. The Labute approximate surface area is 97.5 Å². The topological polar surface area (TPSA) is 74.0 Å². The van der Waals surface area contributed by atoms with Gasteiger partial charge in [-0.2, -0.15) is 5.26 Å². The van der Waals surface area contributed by atoms with Crippen LogP contribution in [-0.2, 0) is 4.79 Å². The van der Waals surface area contributed by atoms with E-state index in [9.17, 15) is 4.79 Å². The third-order valence-corrected chi connectivity index (χ3v) is 2.33. The van der Waals surface area contributed by atoms with E-state index in [1.165, 1.54) is 6.08 Å². The molecule has 0 atom stereocenters. The van der Waals surface area contributed by atoms with Crippen LogP contribution in [-0.4, -0.2) is 16.1 Å². The van der Waals surface area contributed by atoms with Gasteiger partial charge in [-0.15, -0.1) is 0 Å². The molecule has 0 fully saturated rings. The number of carbonyl (C=O) groups is 1. The van der Waals surface area contributed by atoms with Crippen molar-refractivity contribution >= 4 is 22.9 Å². The molecule has 17 heavy (non-hydrogen) atoms. The van der Waals surface area contributed by atoms with Crippen molar-refractivity contribution in [3.63, 3.8) is 0 Å². The van der Waals surface area contributed by atoms with E-state index in [2.05, 4.69) is 4.98 Å². The Morgan fingerprint density at radius 3 is 2.82 bits per heavy atom. The third kappa shape index (κ3) is 2.13. The molecule has 0 saturated heterocycles. The Morgan fingerprint density at radius 1 is 1.35 bits per heavy atom. The van der Waals surface area contributed by atoms with E-state index in [1.807, 2.05) is 24.3 Å². The number of carboxylic acid groups (broad SMARTS) is 1. The van der Waals surface area contributed by atoms with Crippen molar-refractivity contribution in [1.82, 2.24) is 4.98 Å². The van der Waals surface area contributed by atoms with Crippen LogP contribution >= 0.6 is 0 Å². The second-order valence-electron chi connectivity index (χ2n) is 3.39. The van der Waals surface area contributed by atoms with E-state index in [1.54, 1.807) is 18.3 Å². The van der Waals surface area contributed by atoms with E-state index in [0.717, 1.165) is 10.9 Å². The van der Waals surface area contributed by atoms with Crippen LogP contribution in [0.3, 0.4) is 0 Å². The fourth-order valence-corrected chi connectivity index (χ4v) is 1.54. The highest BCUT2D eigenvalue weighted by molar-refractivity contribution is 5.99. The van der Waals surface area contributed by atoms with Crippen LogP contribution in [0.15, 0.2) is 42.1 Å². The molecule has 1 aromatic carbocycles. The van der Waals surface area contributed by atoms with Gasteiger partial charge in [0.1, 0.15) is 11.6 Å². The molecule has 0 bridgehead atoms. The van der Waals surface area contributed by atoms with Gasteiger partial charge >= 0.3 is 5.97 Å². The summed E-state index contributed by atoms with van der Waals surface area (Å²) in [5.74, 6) is -1.23. The van der Waals surface area contributed by atoms with Crippen LogP contribution < -0.4 is 0 Å². The van der Waals surface area contributed by atoms with Gasteiger partial charge in [-0.05, 0) is 23.8 Å². The van der Waals surface area contributed by atoms with E-state index in [0.29, 0.717) is 5.56 Å². The minimum absolute atomic E-state index is 0.290. The zero-order valence-electron chi connectivity index (χ0n) is 8.79. The highest BCUT2D eigenvalue weighted by atomic mass is 16.4. The molecular weight excluding hydrogens is 216 g/mol. The summed E-state index contributed by atoms with van der Waals surface area (Å²) in [5, 5.41) is 18.3. The standard InChI is InChI=1S/C13H8N2O2/c14-8-10(13(16)17)7-9-5-6-15-12-4-2-1-3-11(9)12/h1-7H,(H,16,17)/b10-7+. The minimum Gasteiger partial charge on any atom is -0.477 e. The first-order valence-electron chi connectivity index (χ1n) is 4.91. The molecule has 0 aliphatic carbocycles. The summed E-state index contributed by atoms with van der Waals surface area (Å²) in [6.45, 7) is 0. The average Bonchev–Trinajstić information content (AvgIpc) is 2.35. The number of nitriles is 1. The predicted molar refractivity (Wildman–Crippen MR) is 63.0 cm³/mol. The minimum atomic E-state index is -1.23. The smallest absolute Gasteiger partial charge is 0.346 e. The highest BCUT2D eigenvalue weighted by Crippen LogP contribution is 2.18. The maximum atomic E-state index is 10.8. The van der Waals surface area contributed by atoms with E-state index < -0.39 is 5.97 Å². The van der Waals surface area contributed by atoms with Crippen molar-refractivity contribution in [2.24, 2.45) is 0 Å². The summed E-state index contributed by atoms with van der Waals surface area (Å²) in [7, 11) is 0. The molecule has 0 saturated carbocycles. The van der Waals surface area contributed by atoms with Crippen LogP contribution in [0.2, 0.25) is 0 Å². The normalized spacial score (nSPS) is 11.1. The van der Waals surface area contributed by atoms with Crippen molar-refractivity contribution < 1.29 is 9.90 Å². The van der Waals surface area contributed by atoms with Crippen molar-refractivity contribution in [1.29, 1.82) is 5.26 Å². The van der Waals surface area contributed by atoms with Crippen LogP contribution in [0.25, 0.3) is 17.0 Å². The van der Waals surface area contributed by atoms with Gasteiger partial charge in [0.05, 0.1) is 5.52 Å². The van der Waals surface area contributed by atoms with Crippen LogP contribution in [0.4, 0.5) is 0 Å². The Morgan fingerprint density at radius 2 is 2.12 bits per heavy atom. The second-order valence-corrected chi connectivity index (χ2v) is 3.39. The summed E-state index contributed by atoms with van der Waals surface area (Å²) in [6, 6.07) is 10.7. The molecule has 2 aromatic rings. The molecule has 4 nitrogen and oxygen atoms in total. The lowest BCUT2D eigenvalue weighted by molar-refractivity contribution is -0.132. The number of aromatic nitrogens is 1. The Kier molecular flexibility index (Phi) is 2.84. The summed E-state index contributed by atoms with van der Waals surface area (Å²) < 4.78 is 0. The van der Waals surface area contributed by atoms with Gasteiger partial charge in [-0.3, -0.25) is 4.98 Å². The molecule has 0 spiro atoms. The number of hydrogen-bond acceptors (Lipinski definition) is 3. The molecule has 0 radical (unpaired) electrons. The van der Waals surface area contributed by atoms with Gasteiger partial charge in [0.2, 0.25) is 0 Å². The zero-order chi connectivity index (χ0) is 12.3. The monoisotopic (exact) mass is 224 g/mol. The zero-order valence-corrected chi connectivity index (χ0v) is 8.79. The number of aliphatic carboxylic acids is 1. The SMILES string of the molecule is N#C/C(=C\c1ccnc2ccccc12)C(=O)O. The number of benzene rings is 1. The quantitative estimate of drug-likeness (QED) is 0.627. The number of carboxylic acids is 1. The van der Waals surface area contributed by atoms with Gasteiger partial charge in [0, 0.05) is 11.6 Å². The number of rotatable bonds is 2. The third-order valence-electron chi connectivity index (χ3n) is 2.33. The number of hydrogen-bond donors (Lipinski definition) is 1. The fourth-order valence-electron chi connectivity index (χ4n) is 1.54. The first kappa shape index (κ1) is 10.8. The molecule has 82 valence electrons. The first-order valence-corrected chi connectivity index (χ1v) is 4.91. The van der Waals surface area contributed by atoms with Gasteiger partial charge in [0.25, 0.3) is 0 Å². The Bertz CT molecular complexity index is 649. The Balaban J connectivity index is 2.65. The molecule has 4 heteroatoms. The highest BCUT2D eigenvalue weighted by Gasteiger charge is 2.07. The molecule has 0 aliphatic heterocycles. The molecule has 0 amide bonds. The lowest BCUT2D eigenvalue weighted by Gasteiger charge is -2.00. The van der Waals surface area contributed by atoms with Crippen LogP contribution in [0.5, 0.6) is 0 Å². The first-order chi connectivity index (χ1) is 8.22. The molecule has 0 unspecified atom stereocenters. The molecular formula is C13H8N2O2. The van der Waals surface area contributed by atoms with E-state index in [4.69, 9.17) is 10.4 Å². The lowest BCUT2D eigenvalue weighted by atomic mass is 10.1. The van der Waals surface area contributed by atoms with Crippen molar-refractivity contribution in [2.45, 2.75) is 0 Å². The lowest BCUT2D eigenvalue weighted by Crippen LogP contribution is -1.97. The average molecular weight is 224 g/mol. The molecule has 1 heterocycles. The van der Waals surface area contributed by atoms with Crippen LogP contribution in [0.1, 0.15) is 5.56 Å². The molecule has 1 aromatic heterocycles. The van der Waals surface area contributed by atoms with E-state index in [-0.39, 0.29) is 5.57 Å². The number of pyridine rings is 1. The van der Waals surface area contributed by atoms with Gasteiger partial charge in [0.15, 0.2) is 0 Å². The Hall–Kier alpha value is -2.67. The van der Waals surface area contributed by atoms with E-state index >= 15 is 0 Å². The largest absolute Gasteiger partial charge is 0.477 e. The predicted octanol–water partition coefficient (Wildman–Crippen LogP) is 2.23.